The molecule has 0 N–H and O–H groups in total. The van der Waals surface area contributed by atoms with Gasteiger partial charge < -0.3 is 4.90 Å². The number of carbonyl (C=O) groups is 1. The summed E-state index contributed by atoms with van der Waals surface area (Å²) in [5.74, 6) is -0.587. The molecule has 0 aliphatic heterocycles. The molecule has 0 fully saturated rings. The number of anilines is 1. The molecule has 7 heteroatoms. The molecule has 2 aromatic heterocycles. The highest BCUT2D eigenvalue weighted by Gasteiger charge is 2.19. The molecule has 5 nitrogen and oxygen atoms in total. The molecule has 0 atom stereocenters. The van der Waals surface area contributed by atoms with Crippen LogP contribution in [-0.2, 0) is 4.79 Å². The fourth-order valence-electron chi connectivity index (χ4n) is 1.73. The second-order valence-electron chi connectivity index (χ2n) is 4.66. The van der Waals surface area contributed by atoms with Gasteiger partial charge >= 0.3 is 0 Å². The van der Waals surface area contributed by atoms with E-state index in [1.807, 2.05) is 13.8 Å². The van der Waals surface area contributed by atoms with Crippen molar-refractivity contribution in [2.75, 3.05) is 11.9 Å². The summed E-state index contributed by atoms with van der Waals surface area (Å²) in [7, 11) is 1.68. The zero-order valence-corrected chi connectivity index (χ0v) is 12.9. The normalized spacial score (nSPS) is 10.9. The predicted molar refractivity (Wildman–Crippen MR) is 77.3 cm³/mol. The molecule has 0 saturated carbocycles. The monoisotopic (exact) mass is 340 g/mol. The first-order valence-electron chi connectivity index (χ1n) is 6.04. The summed E-state index contributed by atoms with van der Waals surface area (Å²) in [6, 6.07) is 1.32. The second-order valence-corrected chi connectivity index (χ2v) is 5.41. The van der Waals surface area contributed by atoms with Gasteiger partial charge in [0.1, 0.15) is 5.82 Å². The van der Waals surface area contributed by atoms with Gasteiger partial charge in [-0.3, -0.25) is 9.78 Å². The van der Waals surface area contributed by atoms with Crippen LogP contribution in [0.4, 0.5) is 10.1 Å². The number of rotatable bonds is 3. The molecule has 2 heterocycles. The van der Waals surface area contributed by atoms with Crippen LogP contribution in [0, 0.1) is 11.7 Å². The van der Waals surface area contributed by atoms with E-state index in [9.17, 15) is 9.18 Å². The van der Waals surface area contributed by atoms with E-state index in [4.69, 9.17) is 0 Å². The van der Waals surface area contributed by atoms with Gasteiger partial charge in [-0.05, 0) is 15.9 Å². The number of hydrogen-bond acceptors (Lipinski definition) is 3. The minimum absolute atomic E-state index is 0.0254. The van der Waals surface area contributed by atoms with E-state index >= 15 is 0 Å². The molecular formula is C13H14BrFN4O. The van der Waals surface area contributed by atoms with Crippen LogP contribution in [0.3, 0.4) is 0 Å². The lowest BCUT2D eigenvalue weighted by atomic mass is 10.2. The van der Waals surface area contributed by atoms with E-state index < -0.39 is 5.82 Å². The van der Waals surface area contributed by atoms with Crippen LogP contribution < -0.4 is 4.90 Å². The van der Waals surface area contributed by atoms with Crippen molar-refractivity contribution >= 4 is 27.5 Å². The Morgan fingerprint density at radius 3 is 2.75 bits per heavy atom. The van der Waals surface area contributed by atoms with E-state index in [0.29, 0.717) is 16.0 Å². The fraction of sp³-hybridized carbons (Fsp3) is 0.308. The Morgan fingerprint density at radius 1 is 1.45 bits per heavy atom. The van der Waals surface area contributed by atoms with Gasteiger partial charge in [-0.25, -0.2) is 9.07 Å². The molecule has 0 unspecified atom stereocenters. The molecule has 0 aliphatic rings. The van der Waals surface area contributed by atoms with E-state index in [2.05, 4.69) is 26.0 Å². The molecule has 2 aromatic rings. The SMILES string of the molecule is CC(C)C(=O)N(C)c1cn(-c2cncc(F)c2)nc1Br. The van der Waals surface area contributed by atoms with Crippen molar-refractivity contribution in [2.45, 2.75) is 13.8 Å². The van der Waals surface area contributed by atoms with Crippen molar-refractivity contribution in [1.82, 2.24) is 14.8 Å². The molecule has 106 valence electrons. The summed E-state index contributed by atoms with van der Waals surface area (Å²) < 4.78 is 15.2. The first-order chi connectivity index (χ1) is 9.40. The average molecular weight is 341 g/mol. The van der Waals surface area contributed by atoms with Gasteiger partial charge in [0, 0.05) is 19.0 Å². The molecular weight excluding hydrogens is 327 g/mol. The number of pyridine rings is 1. The van der Waals surface area contributed by atoms with Gasteiger partial charge in [0.2, 0.25) is 5.91 Å². The van der Waals surface area contributed by atoms with Gasteiger partial charge in [0.25, 0.3) is 0 Å². The maximum Gasteiger partial charge on any atom is 0.229 e. The molecule has 0 saturated heterocycles. The van der Waals surface area contributed by atoms with Crippen molar-refractivity contribution in [2.24, 2.45) is 5.92 Å². The molecule has 0 spiro atoms. The van der Waals surface area contributed by atoms with E-state index in [0.717, 1.165) is 6.20 Å². The summed E-state index contributed by atoms with van der Waals surface area (Å²) in [5.41, 5.74) is 1.11. The van der Waals surface area contributed by atoms with Gasteiger partial charge in [0.15, 0.2) is 4.60 Å². The molecule has 1 amide bonds. The standard InChI is InChI=1S/C13H14BrFN4O/c1-8(2)13(20)18(3)11-7-19(17-12(11)14)10-4-9(15)5-16-6-10/h4-8H,1-3H3. The van der Waals surface area contributed by atoms with Crippen LogP contribution in [0.5, 0.6) is 0 Å². The zero-order valence-electron chi connectivity index (χ0n) is 11.3. The Bertz CT molecular complexity index is 641. The highest BCUT2D eigenvalue weighted by molar-refractivity contribution is 9.10. The Balaban J connectivity index is 2.37. The molecule has 0 aliphatic carbocycles. The number of amides is 1. The molecule has 0 bridgehead atoms. The number of halogens is 2. The smallest absolute Gasteiger partial charge is 0.229 e. The lowest BCUT2D eigenvalue weighted by molar-refractivity contribution is -0.121. The minimum Gasteiger partial charge on any atom is -0.311 e. The Hall–Kier alpha value is -1.76. The number of aromatic nitrogens is 3. The van der Waals surface area contributed by atoms with Crippen molar-refractivity contribution in [3.63, 3.8) is 0 Å². The minimum atomic E-state index is -0.442. The summed E-state index contributed by atoms with van der Waals surface area (Å²) in [6.45, 7) is 3.65. The zero-order chi connectivity index (χ0) is 14.9. The molecule has 2 rings (SSSR count). The Labute approximate surface area is 124 Å². The van der Waals surface area contributed by atoms with Crippen molar-refractivity contribution in [3.05, 3.63) is 35.1 Å². The molecule has 20 heavy (non-hydrogen) atoms. The third-order valence-electron chi connectivity index (χ3n) is 2.79. The highest BCUT2D eigenvalue weighted by atomic mass is 79.9. The maximum atomic E-state index is 13.2. The average Bonchev–Trinajstić information content (AvgIpc) is 2.79. The van der Waals surface area contributed by atoms with Crippen LogP contribution in [-0.4, -0.2) is 27.7 Å². The maximum absolute atomic E-state index is 13.2. The van der Waals surface area contributed by atoms with Gasteiger partial charge in [-0.15, -0.1) is 0 Å². The topological polar surface area (TPSA) is 51.0 Å². The van der Waals surface area contributed by atoms with E-state index in [1.165, 1.54) is 21.8 Å². The third kappa shape index (κ3) is 2.87. The quantitative estimate of drug-likeness (QED) is 0.863. The third-order valence-corrected chi connectivity index (χ3v) is 3.36. The lowest BCUT2D eigenvalue weighted by Crippen LogP contribution is -2.30. The molecule has 0 radical (unpaired) electrons. The largest absolute Gasteiger partial charge is 0.311 e. The number of nitrogens with zero attached hydrogens (tertiary/aromatic N) is 4. The number of hydrogen-bond donors (Lipinski definition) is 0. The summed E-state index contributed by atoms with van der Waals surface area (Å²) in [4.78, 5) is 17.3. The highest BCUT2D eigenvalue weighted by Crippen LogP contribution is 2.26. The molecule has 0 aromatic carbocycles. The summed E-state index contributed by atoms with van der Waals surface area (Å²) in [5, 5.41) is 4.22. The first kappa shape index (κ1) is 14.6. The van der Waals surface area contributed by atoms with E-state index in [1.54, 1.807) is 13.2 Å². The van der Waals surface area contributed by atoms with Crippen LogP contribution in [0.1, 0.15) is 13.8 Å². The predicted octanol–water partition coefficient (Wildman–Crippen LogP) is 2.79. The van der Waals surface area contributed by atoms with E-state index in [-0.39, 0.29) is 11.8 Å². The lowest BCUT2D eigenvalue weighted by Gasteiger charge is -2.17. The van der Waals surface area contributed by atoms with Crippen molar-refractivity contribution in [1.29, 1.82) is 0 Å². The fourth-order valence-corrected chi connectivity index (χ4v) is 2.27. The van der Waals surface area contributed by atoms with Gasteiger partial charge in [-0.2, -0.15) is 5.10 Å². The Kier molecular flexibility index (Phi) is 4.17. The van der Waals surface area contributed by atoms with Gasteiger partial charge in [-0.1, -0.05) is 13.8 Å². The van der Waals surface area contributed by atoms with Crippen LogP contribution in [0.2, 0.25) is 0 Å². The van der Waals surface area contributed by atoms with Crippen LogP contribution >= 0.6 is 15.9 Å². The van der Waals surface area contributed by atoms with Gasteiger partial charge in [0.05, 0.1) is 30.0 Å². The van der Waals surface area contributed by atoms with Crippen molar-refractivity contribution < 1.29 is 9.18 Å². The first-order valence-corrected chi connectivity index (χ1v) is 6.83. The Morgan fingerprint density at radius 2 is 2.15 bits per heavy atom. The van der Waals surface area contributed by atoms with Crippen LogP contribution in [0.15, 0.2) is 29.3 Å². The number of carbonyl (C=O) groups excluding carboxylic acids is 1. The second kappa shape index (κ2) is 5.70. The van der Waals surface area contributed by atoms with Crippen LogP contribution in [0.25, 0.3) is 5.69 Å². The summed E-state index contributed by atoms with van der Waals surface area (Å²) >= 11 is 3.31. The summed E-state index contributed by atoms with van der Waals surface area (Å²) in [6.07, 6.45) is 4.27. The van der Waals surface area contributed by atoms with Crippen molar-refractivity contribution in [3.8, 4) is 5.69 Å².